The van der Waals surface area contributed by atoms with E-state index in [0.717, 1.165) is 39.5 Å². The standard InChI is InChI=1S/C23H17N3O4S/c27-22-14-31-23(28)26(22)11-15-8-17-6-7-18(9-19(17)24-10-15)29-13-21-25-20(12-30-21)16-4-2-1-3-5-16/h1-10,12H,11,13-14H2. The molecule has 8 heteroatoms. The van der Waals surface area contributed by atoms with Crippen LogP contribution in [-0.2, 0) is 17.9 Å². The highest BCUT2D eigenvalue weighted by molar-refractivity contribution is 8.14. The van der Waals surface area contributed by atoms with Crippen molar-refractivity contribution >= 4 is 33.8 Å². The van der Waals surface area contributed by atoms with Crippen LogP contribution < -0.4 is 4.74 Å². The Morgan fingerprint density at radius 2 is 1.97 bits per heavy atom. The van der Waals surface area contributed by atoms with Gasteiger partial charge in [-0.1, -0.05) is 42.1 Å². The maximum atomic E-state index is 11.8. The number of fused-ring (bicyclic) bond motifs is 1. The van der Waals surface area contributed by atoms with Crippen molar-refractivity contribution in [2.24, 2.45) is 0 Å². The molecule has 2 aromatic heterocycles. The summed E-state index contributed by atoms with van der Waals surface area (Å²) in [5.74, 6) is 1.17. The zero-order chi connectivity index (χ0) is 21.2. The fourth-order valence-electron chi connectivity index (χ4n) is 3.30. The lowest BCUT2D eigenvalue weighted by molar-refractivity contribution is -0.125. The normalized spacial score (nSPS) is 13.9. The Morgan fingerprint density at radius 3 is 2.77 bits per heavy atom. The lowest BCUT2D eigenvalue weighted by Gasteiger charge is -2.13. The quantitative estimate of drug-likeness (QED) is 0.439. The van der Waals surface area contributed by atoms with Gasteiger partial charge in [0, 0.05) is 23.2 Å². The molecule has 2 amide bonds. The van der Waals surface area contributed by atoms with Gasteiger partial charge in [-0.2, -0.15) is 0 Å². The van der Waals surface area contributed by atoms with E-state index in [0.29, 0.717) is 11.6 Å². The van der Waals surface area contributed by atoms with Gasteiger partial charge in [-0.3, -0.25) is 19.5 Å². The molecule has 31 heavy (non-hydrogen) atoms. The molecule has 1 fully saturated rings. The van der Waals surface area contributed by atoms with Crippen molar-refractivity contribution in [3.8, 4) is 17.0 Å². The number of ether oxygens (including phenoxy) is 1. The molecule has 0 bridgehead atoms. The van der Waals surface area contributed by atoms with Crippen LogP contribution in [0.15, 0.2) is 71.5 Å². The van der Waals surface area contributed by atoms with Crippen LogP contribution >= 0.6 is 11.8 Å². The van der Waals surface area contributed by atoms with Crippen LogP contribution in [-0.4, -0.2) is 31.8 Å². The van der Waals surface area contributed by atoms with Gasteiger partial charge in [0.2, 0.25) is 11.8 Å². The third kappa shape index (κ3) is 4.15. The van der Waals surface area contributed by atoms with E-state index in [1.807, 2.05) is 54.6 Å². The molecule has 0 saturated carbocycles. The number of aromatic nitrogens is 2. The summed E-state index contributed by atoms with van der Waals surface area (Å²) in [7, 11) is 0. The largest absolute Gasteiger partial charge is 0.484 e. The topological polar surface area (TPSA) is 85.5 Å². The Balaban J connectivity index is 1.26. The smallest absolute Gasteiger partial charge is 0.289 e. The highest BCUT2D eigenvalue weighted by Crippen LogP contribution is 2.25. The van der Waals surface area contributed by atoms with Gasteiger partial charge >= 0.3 is 0 Å². The Kier molecular flexibility index (Phi) is 5.13. The fourth-order valence-corrected chi connectivity index (χ4v) is 4.03. The van der Waals surface area contributed by atoms with Crippen LogP contribution in [0.25, 0.3) is 22.2 Å². The van der Waals surface area contributed by atoms with Crippen LogP contribution in [0.2, 0.25) is 0 Å². The van der Waals surface area contributed by atoms with Gasteiger partial charge in [0.25, 0.3) is 5.24 Å². The molecule has 5 rings (SSSR count). The van der Waals surface area contributed by atoms with Crippen LogP contribution in [0.4, 0.5) is 4.79 Å². The van der Waals surface area contributed by atoms with E-state index < -0.39 is 0 Å². The monoisotopic (exact) mass is 431 g/mol. The summed E-state index contributed by atoms with van der Waals surface area (Å²) in [5, 5.41) is 0.690. The number of carbonyl (C=O) groups is 2. The predicted molar refractivity (Wildman–Crippen MR) is 116 cm³/mol. The molecule has 7 nitrogen and oxygen atoms in total. The molecule has 1 aliphatic heterocycles. The van der Waals surface area contributed by atoms with E-state index in [9.17, 15) is 9.59 Å². The average molecular weight is 431 g/mol. The van der Waals surface area contributed by atoms with Crippen molar-refractivity contribution in [3.05, 3.63) is 78.5 Å². The van der Waals surface area contributed by atoms with E-state index in [4.69, 9.17) is 9.15 Å². The third-order valence-corrected chi connectivity index (χ3v) is 5.74. The van der Waals surface area contributed by atoms with Gasteiger partial charge in [-0.15, -0.1) is 0 Å². The number of hydrogen-bond acceptors (Lipinski definition) is 7. The van der Waals surface area contributed by atoms with E-state index in [-0.39, 0.29) is 30.1 Å². The van der Waals surface area contributed by atoms with E-state index >= 15 is 0 Å². The molecule has 154 valence electrons. The first-order valence-corrected chi connectivity index (χ1v) is 10.6. The van der Waals surface area contributed by atoms with Crippen molar-refractivity contribution in [1.82, 2.24) is 14.9 Å². The lowest BCUT2D eigenvalue weighted by Crippen LogP contribution is -2.27. The van der Waals surface area contributed by atoms with E-state index in [2.05, 4.69) is 9.97 Å². The number of rotatable bonds is 6. The minimum absolute atomic E-state index is 0.166. The summed E-state index contributed by atoms with van der Waals surface area (Å²) < 4.78 is 11.3. The number of pyridine rings is 1. The molecule has 0 N–H and O–H groups in total. The maximum absolute atomic E-state index is 11.8. The Bertz CT molecular complexity index is 1260. The summed E-state index contributed by atoms with van der Waals surface area (Å²) in [6.07, 6.45) is 3.29. The SMILES string of the molecule is O=C1CSC(=O)N1Cc1cnc2cc(OCc3nc(-c4ccccc4)co3)ccc2c1. The fraction of sp³-hybridized carbons (Fsp3) is 0.130. The molecule has 0 radical (unpaired) electrons. The molecule has 0 spiro atoms. The molecule has 4 aromatic rings. The van der Waals surface area contributed by atoms with Gasteiger partial charge in [-0.25, -0.2) is 4.98 Å². The summed E-state index contributed by atoms with van der Waals surface area (Å²) in [5.41, 5.74) is 3.31. The first-order chi connectivity index (χ1) is 15.2. The molecule has 0 atom stereocenters. The molecular formula is C23H17N3O4S. The van der Waals surface area contributed by atoms with Crippen LogP contribution in [0.5, 0.6) is 5.75 Å². The molecule has 1 aliphatic rings. The second-order valence-corrected chi connectivity index (χ2v) is 7.94. The van der Waals surface area contributed by atoms with Crippen LogP contribution in [0.1, 0.15) is 11.5 Å². The minimum Gasteiger partial charge on any atom is -0.484 e. The van der Waals surface area contributed by atoms with Gasteiger partial charge in [0.15, 0.2) is 6.61 Å². The number of benzene rings is 2. The average Bonchev–Trinajstić information content (AvgIpc) is 3.40. The highest BCUT2D eigenvalue weighted by Gasteiger charge is 2.29. The van der Waals surface area contributed by atoms with Crippen molar-refractivity contribution in [1.29, 1.82) is 0 Å². The summed E-state index contributed by atoms with van der Waals surface area (Å²) in [6, 6.07) is 17.3. The number of thioether (sulfide) groups is 1. The van der Waals surface area contributed by atoms with Crippen LogP contribution in [0.3, 0.4) is 0 Å². The number of nitrogens with zero attached hydrogens (tertiary/aromatic N) is 3. The van der Waals surface area contributed by atoms with Crippen LogP contribution in [0, 0.1) is 0 Å². The first kappa shape index (κ1) is 19.3. The minimum atomic E-state index is -0.212. The molecule has 0 unspecified atom stereocenters. The Hall–Kier alpha value is -3.65. The number of amides is 2. The molecule has 0 aliphatic carbocycles. The Morgan fingerprint density at radius 1 is 1.10 bits per heavy atom. The predicted octanol–water partition coefficient (Wildman–Crippen LogP) is 4.66. The van der Waals surface area contributed by atoms with E-state index in [1.54, 1.807) is 12.5 Å². The molecule has 3 heterocycles. The molecular weight excluding hydrogens is 414 g/mol. The maximum Gasteiger partial charge on any atom is 0.289 e. The van der Waals surface area contributed by atoms with Gasteiger partial charge < -0.3 is 9.15 Å². The second kappa shape index (κ2) is 8.23. The number of oxazole rings is 1. The number of carbonyl (C=O) groups excluding carboxylic acids is 2. The summed E-state index contributed by atoms with van der Waals surface area (Å²) in [6.45, 7) is 0.438. The van der Waals surface area contributed by atoms with Crippen molar-refractivity contribution < 1.29 is 18.7 Å². The lowest BCUT2D eigenvalue weighted by atomic mass is 10.1. The van der Waals surface area contributed by atoms with Crippen molar-refractivity contribution in [2.75, 3.05) is 5.75 Å². The zero-order valence-corrected chi connectivity index (χ0v) is 17.2. The molecule has 2 aromatic carbocycles. The number of imide groups is 1. The second-order valence-electron chi connectivity index (χ2n) is 7.01. The first-order valence-electron chi connectivity index (χ1n) is 9.64. The third-order valence-electron chi connectivity index (χ3n) is 4.88. The van der Waals surface area contributed by atoms with Gasteiger partial charge in [0.05, 0.1) is 17.8 Å². The zero-order valence-electron chi connectivity index (χ0n) is 16.4. The van der Waals surface area contributed by atoms with Gasteiger partial charge in [0.1, 0.15) is 17.7 Å². The van der Waals surface area contributed by atoms with Crippen molar-refractivity contribution in [3.63, 3.8) is 0 Å². The number of hydrogen-bond donors (Lipinski definition) is 0. The summed E-state index contributed by atoms with van der Waals surface area (Å²) >= 11 is 1.03. The highest BCUT2D eigenvalue weighted by atomic mass is 32.2. The van der Waals surface area contributed by atoms with Crippen molar-refractivity contribution in [2.45, 2.75) is 13.2 Å². The van der Waals surface area contributed by atoms with Gasteiger partial charge in [-0.05, 0) is 23.8 Å². The summed E-state index contributed by atoms with van der Waals surface area (Å²) in [4.78, 5) is 33.8. The Labute approximate surface area is 182 Å². The molecule has 1 saturated heterocycles. The van der Waals surface area contributed by atoms with E-state index in [1.165, 1.54) is 4.90 Å².